The summed E-state index contributed by atoms with van der Waals surface area (Å²) in [5, 5.41) is 8.66. The third-order valence-corrected chi connectivity index (χ3v) is 7.59. The highest BCUT2D eigenvalue weighted by Crippen LogP contribution is 2.15. The van der Waals surface area contributed by atoms with E-state index in [4.69, 9.17) is 9.84 Å². The van der Waals surface area contributed by atoms with Crippen LogP contribution >= 0.6 is 0 Å². The zero-order valence-corrected chi connectivity index (χ0v) is 26.9. The Balaban J connectivity index is 3.99. The number of esters is 1. The minimum Gasteiger partial charge on any atom is -0.481 e. The van der Waals surface area contributed by atoms with Crippen molar-refractivity contribution in [2.24, 2.45) is 0 Å². The van der Waals surface area contributed by atoms with Gasteiger partial charge in [-0.15, -0.1) is 0 Å². The van der Waals surface area contributed by atoms with Gasteiger partial charge in [0.05, 0.1) is 0 Å². The Labute approximate surface area is 253 Å². The van der Waals surface area contributed by atoms with Crippen LogP contribution < -0.4 is 0 Å². The van der Waals surface area contributed by atoms with Crippen LogP contribution in [0.25, 0.3) is 0 Å². The molecule has 0 saturated heterocycles. The molecule has 0 aliphatic carbocycles. The molecule has 0 saturated carbocycles. The molecule has 0 rings (SSSR count). The van der Waals surface area contributed by atoms with E-state index in [-0.39, 0.29) is 18.2 Å². The van der Waals surface area contributed by atoms with E-state index < -0.39 is 12.1 Å². The Bertz CT molecular complexity index is 681. The predicted octanol–water partition coefficient (Wildman–Crippen LogP) is 10.8. The fourth-order valence-corrected chi connectivity index (χ4v) is 4.94. The van der Waals surface area contributed by atoms with E-state index in [2.05, 4.69) is 26.0 Å². The number of hydrogen-bond acceptors (Lipinski definition) is 4. The highest BCUT2D eigenvalue weighted by atomic mass is 16.5. The summed E-state index contributed by atoms with van der Waals surface area (Å²) < 4.78 is 5.65. The minimum atomic E-state index is -0.723. The molecule has 0 aliphatic heterocycles. The maximum Gasteiger partial charge on any atom is 0.306 e. The molecular formula is C36H64O5. The number of unbranched alkanes of at least 4 members (excludes halogenated alkanes) is 18. The molecule has 0 aliphatic rings. The molecule has 0 aromatic heterocycles. The highest BCUT2D eigenvalue weighted by Gasteiger charge is 2.21. The fraction of sp³-hybridized carbons (Fsp3) is 0.806. The van der Waals surface area contributed by atoms with E-state index >= 15 is 0 Å². The Hall–Kier alpha value is -1.91. The van der Waals surface area contributed by atoms with Crippen molar-refractivity contribution in [1.82, 2.24) is 0 Å². The zero-order valence-electron chi connectivity index (χ0n) is 26.9. The quantitative estimate of drug-likeness (QED) is 0.0504. The molecule has 5 heteroatoms. The summed E-state index contributed by atoms with van der Waals surface area (Å²) in [6.45, 7) is 4.39. The Morgan fingerprint density at radius 1 is 0.561 bits per heavy atom. The molecule has 0 radical (unpaired) electrons. The third kappa shape index (κ3) is 29.4. The van der Waals surface area contributed by atoms with Gasteiger partial charge in [0, 0.05) is 19.3 Å². The van der Waals surface area contributed by atoms with Crippen LogP contribution in [-0.4, -0.2) is 28.9 Å². The predicted molar refractivity (Wildman–Crippen MR) is 172 cm³/mol. The molecule has 0 aromatic carbocycles. The normalized spacial score (nSPS) is 12.3. The summed E-state index contributed by atoms with van der Waals surface area (Å²) in [5.41, 5.74) is 0. The van der Waals surface area contributed by atoms with Crippen molar-refractivity contribution in [3.63, 3.8) is 0 Å². The van der Waals surface area contributed by atoms with Gasteiger partial charge in [-0.3, -0.25) is 14.4 Å². The number of carbonyl (C=O) groups is 3. The van der Waals surface area contributed by atoms with Crippen LogP contribution in [0.2, 0.25) is 0 Å². The molecule has 0 aromatic rings. The summed E-state index contributed by atoms with van der Waals surface area (Å²) in [6, 6.07) is 0. The lowest BCUT2D eigenvalue weighted by molar-refractivity contribution is -0.155. The van der Waals surface area contributed by atoms with Gasteiger partial charge < -0.3 is 9.84 Å². The molecule has 0 heterocycles. The Kier molecular flexibility index (Phi) is 29.6. The van der Waals surface area contributed by atoms with Crippen LogP contribution in [0.5, 0.6) is 0 Å². The second-order valence-electron chi connectivity index (χ2n) is 11.7. The van der Waals surface area contributed by atoms with Gasteiger partial charge in [0.1, 0.15) is 0 Å². The second-order valence-corrected chi connectivity index (χ2v) is 11.7. The smallest absolute Gasteiger partial charge is 0.306 e. The fourth-order valence-electron chi connectivity index (χ4n) is 4.94. The molecule has 238 valence electrons. The molecule has 0 amide bonds. The second kappa shape index (κ2) is 31.0. The van der Waals surface area contributed by atoms with Crippen LogP contribution in [-0.2, 0) is 19.1 Å². The molecule has 41 heavy (non-hydrogen) atoms. The lowest BCUT2D eigenvalue weighted by atomic mass is 10.0. The van der Waals surface area contributed by atoms with Gasteiger partial charge >= 0.3 is 11.9 Å². The molecule has 1 atom stereocenters. The number of hydrogen-bond donors (Lipinski definition) is 1. The number of ketones is 1. The van der Waals surface area contributed by atoms with Crippen molar-refractivity contribution < 1.29 is 24.2 Å². The molecular weight excluding hydrogens is 512 g/mol. The van der Waals surface area contributed by atoms with Crippen molar-refractivity contribution in [2.75, 3.05) is 0 Å². The standard InChI is InChI=1S/C36H64O5/c1-3-5-7-8-9-10-11-12-13-14-15-16-21-24-28-32-36(40)41-34(30-25-6-4-2)33(37)29-26-22-19-17-18-20-23-27-31-35(38)39/h12-13,22,26,34H,3-11,14-21,23-25,27-32H2,1-2H3,(H,38,39)/b13-12-,26-22-. The molecule has 1 unspecified atom stereocenters. The van der Waals surface area contributed by atoms with Gasteiger partial charge in [-0.05, 0) is 64.2 Å². The summed E-state index contributed by atoms with van der Waals surface area (Å²) in [5.74, 6) is -0.951. The lowest BCUT2D eigenvalue weighted by Crippen LogP contribution is -2.27. The van der Waals surface area contributed by atoms with Crippen LogP contribution in [0, 0.1) is 0 Å². The van der Waals surface area contributed by atoms with Crippen LogP contribution in [0.3, 0.4) is 0 Å². The average Bonchev–Trinajstić information content (AvgIpc) is 2.95. The maximum absolute atomic E-state index is 12.8. The van der Waals surface area contributed by atoms with Gasteiger partial charge in [0.15, 0.2) is 11.9 Å². The van der Waals surface area contributed by atoms with Crippen molar-refractivity contribution in [2.45, 2.75) is 187 Å². The van der Waals surface area contributed by atoms with Crippen molar-refractivity contribution in [3.8, 4) is 0 Å². The number of allylic oxidation sites excluding steroid dienone is 4. The Morgan fingerprint density at radius 2 is 1.00 bits per heavy atom. The molecule has 0 spiro atoms. The molecule has 0 fully saturated rings. The zero-order chi connectivity index (χ0) is 30.2. The maximum atomic E-state index is 12.8. The van der Waals surface area contributed by atoms with Crippen molar-refractivity contribution in [1.29, 1.82) is 0 Å². The van der Waals surface area contributed by atoms with Gasteiger partial charge in [-0.2, -0.15) is 0 Å². The summed E-state index contributed by atoms with van der Waals surface area (Å²) in [7, 11) is 0. The number of aliphatic carboxylic acids is 1. The number of rotatable bonds is 31. The highest BCUT2D eigenvalue weighted by molar-refractivity contribution is 5.86. The van der Waals surface area contributed by atoms with Crippen LogP contribution in [0.1, 0.15) is 181 Å². The number of carboxylic acid groups (broad SMARTS) is 1. The van der Waals surface area contributed by atoms with E-state index in [1.165, 1.54) is 57.8 Å². The minimum absolute atomic E-state index is 0.00363. The first-order valence-electron chi connectivity index (χ1n) is 17.2. The summed E-state index contributed by atoms with van der Waals surface area (Å²) in [4.78, 5) is 35.7. The summed E-state index contributed by atoms with van der Waals surface area (Å²) >= 11 is 0. The third-order valence-electron chi connectivity index (χ3n) is 7.59. The first-order valence-corrected chi connectivity index (χ1v) is 17.2. The van der Waals surface area contributed by atoms with E-state index in [0.717, 1.165) is 83.5 Å². The van der Waals surface area contributed by atoms with E-state index in [9.17, 15) is 14.4 Å². The summed E-state index contributed by atoms with van der Waals surface area (Å²) in [6.07, 6.45) is 34.3. The first kappa shape index (κ1) is 39.1. The van der Waals surface area contributed by atoms with Crippen molar-refractivity contribution in [3.05, 3.63) is 24.3 Å². The number of ether oxygens (including phenoxy) is 1. The lowest BCUT2D eigenvalue weighted by Gasteiger charge is -2.16. The molecule has 0 bridgehead atoms. The van der Waals surface area contributed by atoms with Crippen molar-refractivity contribution >= 4 is 17.7 Å². The van der Waals surface area contributed by atoms with Gasteiger partial charge in [-0.1, -0.05) is 122 Å². The number of Topliss-reactive ketones (excluding diaryl/α,β-unsaturated/α-hetero) is 1. The van der Waals surface area contributed by atoms with Gasteiger partial charge in [-0.25, -0.2) is 0 Å². The number of carbonyl (C=O) groups excluding carboxylic acids is 2. The van der Waals surface area contributed by atoms with E-state index in [0.29, 0.717) is 19.3 Å². The molecule has 1 N–H and O–H groups in total. The van der Waals surface area contributed by atoms with Crippen LogP contribution in [0.15, 0.2) is 24.3 Å². The average molecular weight is 577 g/mol. The van der Waals surface area contributed by atoms with Gasteiger partial charge in [0.2, 0.25) is 0 Å². The number of carboxylic acids is 1. The van der Waals surface area contributed by atoms with Crippen LogP contribution in [0.4, 0.5) is 0 Å². The SMILES string of the molecule is CCCCCCCC/C=C\CCCCCCCC(=O)OC(CCCCC)C(=O)C/C=C\CCCCCCCC(=O)O. The largest absolute Gasteiger partial charge is 0.481 e. The monoisotopic (exact) mass is 576 g/mol. The topological polar surface area (TPSA) is 80.7 Å². The van der Waals surface area contributed by atoms with E-state index in [1.807, 2.05) is 12.2 Å². The Morgan fingerprint density at radius 3 is 1.54 bits per heavy atom. The van der Waals surface area contributed by atoms with Gasteiger partial charge in [0.25, 0.3) is 0 Å². The molecule has 5 nitrogen and oxygen atoms in total. The van der Waals surface area contributed by atoms with E-state index in [1.54, 1.807) is 0 Å². The first-order chi connectivity index (χ1) is 20.0.